The minimum atomic E-state index is -0.494. The van der Waals surface area contributed by atoms with Gasteiger partial charge in [-0.3, -0.25) is 14.6 Å². The number of ether oxygens (including phenoxy) is 1. The Bertz CT molecular complexity index is 684. The molecule has 6 heteroatoms. The third kappa shape index (κ3) is 5.15. The van der Waals surface area contributed by atoms with Crippen molar-refractivity contribution in [3.8, 4) is 0 Å². The van der Waals surface area contributed by atoms with Gasteiger partial charge in [-0.05, 0) is 26.3 Å². The number of carbonyl (C=O) groups is 2. The first kappa shape index (κ1) is 17.6. The summed E-state index contributed by atoms with van der Waals surface area (Å²) in [6.07, 6.45) is 4.17. The molecule has 0 aliphatic rings. The molecule has 1 heterocycles. The van der Waals surface area contributed by atoms with Gasteiger partial charge in [0.2, 0.25) is 0 Å². The van der Waals surface area contributed by atoms with Gasteiger partial charge in [0.25, 0.3) is 5.91 Å². The highest BCUT2D eigenvalue weighted by Gasteiger charge is 2.21. The van der Waals surface area contributed by atoms with Gasteiger partial charge in [-0.25, -0.2) is 4.98 Å². The highest BCUT2D eigenvalue weighted by atomic mass is 16.5. The fraction of sp³-hybridized carbons (Fsp3) is 0.333. The van der Waals surface area contributed by atoms with Gasteiger partial charge in [0, 0.05) is 12.4 Å². The van der Waals surface area contributed by atoms with Gasteiger partial charge in [-0.15, -0.1) is 0 Å². The largest absolute Gasteiger partial charge is 0.463 e. The normalized spacial score (nSPS) is 11.8. The van der Waals surface area contributed by atoms with Crippen molar-refractivity contribution in [3.05, 3.63) is 59.7 Å². The number of carbonyl (C=O) groups excluding carboxylic acids is 2. The van der Waals surface area contributed by atoms with Crippen LogP contribution in [0.15, 0.2) is 42.9 Å². The van der Waals surface area contributed by atoms with E-state index in [1.807, 2.05) is 31.2 Å². The van der Waals surface area contributed by atoms with Crippen LogP contribution in [0.1, 0.15) is 47.9 Å². The monoisotopic (exact) mass is 327 g/mol. The molecule has 0 spiro atoms. The number of aromatic nitrogens is 2. The van der Waals surface area contributed by atoms with Crippen LogP contribution < -0.4 is 5.32 Å². The molecule has 24 heavy (non-hydrogen) atoms. The second-order valence-electron chi connectivity index (χ2n) is 5.77. The van der Waals surface area contributed by atoms with Crippen LogP contribution in [0.5, 0.6) is 0 Å². The third-order valence-electron chi connectivity index (χ3n) is 3.32. The number of aryl methyl sites for hydroxylation is 1. The van der Waals surface area contributed by atoms with E-state index in [0.29, 0.717) is 0 Å². The van der Waals surface area contributed by atoms with Crippen LogP contribution in [0.25, 0.3) is 0 Å². The summed E-state index contributed by atoms with van der Waals surface area (Å²) in [5.41, 5.74) is 2.13. The first-order valence-electron chi connectivity index (χ1n) is 7.78. The average Bonchev–Trinajstić information content (AvgIpc) is 2.55. The molecule has 0 unspecified atom stereocenters. The maximum absolute atomic E-state index is 12.3. The second-order valence-corrected chi connectivity index (χ2v) is 5.77. The van der Waals surface area contributed by atoms with Crippen LogP contribution in [0.2, 0.25) is 0 Å². The SMILES string of the molecule is Cc1ccc([C@@H](CC(=O)OC(C)C)NC(=O)c2cnccn2)cc1. The molecular formula is C18H21N3O3. The average molecular weight is 327 g/mol. The lowest BCUT2D eigenvalue weighted by Crippen LogP contribution is -2.31. The Morgan fingerprint density at radius 1 is 1.17 bits per heavy atom. The molecule has 1 aromatic carbocycles. The molecular weight excluding hydrogens is 306 g/mol. The van der Waals surface area contributed by atoms with E-state index in [-0.39, 0.29) is 30.1 Å². The maximum Gasteiger partial charge on any atom is 0.308 e. The summed E-state index contributed by atoms with van der Waals surface area (Å²) in [6, 6.07) is 7.15. The summed E-state index contributed by atoms with van der Waals surface area (Å²) < 4.78 is 5.19. The molecule has 2 aromatic rings. The lowest BCUT2D eigenvalue weighted by atomic mass is 10.0. The Morgan fingerprint density at radius 2 is 1.88 bits per heavy atom. The zero-order chi connectivity index (χ0) is 17.5. The zero-order valence-corrected chi connectivity index (χ0v) is 14.0. The molecule has 0 radical (unpaired) electrons. The van der Waals surface area contributed by atoms with E-state index in [4.69, 9.17) is 4.74 Å². The maximum atomic E-state index is 12.3. The van der Waals surface area contributed by atoms with Gasteiger partial charge in [0.05, 0.1) is 24.8 Å². The van der Waals surface area contributed by atoms with Gasteiger partial charge in [0.1, 0.15) is 5.69 Å². The van der Waals surface area contributed by atoms with E-state index >= 15 is 0 Å². The van der Waals surface area contributed by atoms with Gasteiger partial charge >= 0.3 is 5.97 Å². The predicted octanol–water partition coefficient (Wildman–Crippen LogP) is 2.60. The molecule has 0 aliphatic heterocycles. The minimum Gasteiger partial charge on any atom is -0.463 e. The first-order valence-corrected chi connectivity index (χ1v) is 7.78. The topological polar surface area (TPSA) is 81.2 Å². The number of rotatable bonds is 6. The molecule has 126 valence electrons. The van der Waals surface area contributed by atoms with Crippen molar-refractivity contribution in [2.45, 2.75) is 39.3 Å². The molecule has 2 rings (SSSR count). The highest BCUT2D eigenvalue weighted by molar-refractivity contribution is 5.92. The van der Waals surface area contributed by atoms with E-state index in [1.165, 1.54) is 18.6 Å². The molecule has 1 amide bonds. The fourth-order valence-corrected chi connectivity index (χ4v) is 2.18. The van der Waals surface area contributed by atoms with Crippen molar-refractivity contribution < 1.29 is 14.3 Å². The molecule has 0 aliphatic carbocycles. The summed E-state index contributed by atoms with van der Waals surface area (Å²) in [7, 11) is 0. The van der Waals surface area contributed by atoms with E-state index in [9.17, 15) is 9.59 Å². The summed E-state index contributed by atoms with van der Waals surface area (Å²) in [5, 5.41) is 2.83. The Labute approximate surface area is 141 Å². The first-order chi connectivity index (χ1) is 11.5. The van der Waals surface area contributed by atoms with Crippen molar-refractivity contribution in [1.29, 1.82) is 0 Å². The molecule has 1 N–H and O–H groups in total. The van der Waals surface area contributed by atoms with Crippen molar-refractivity contribution in [2.24, 2.45) is 0 Å². The van der Waals surface area contributed by atoms with Crippen molar-refractivity contribution in [2.75, 3.05) is 0 Å². The molecule has 0 bridgehead atoms. The molecule has 1 atom stereocenters. The Kier molecular flexibility index (Phi) is 6.01. The number of nitrogens with one attached hydrogen (secondary N) is 1. The summed E-state index contributed by atoms with van der Waals surface area (Å²) >= 11 is 0. The predicted molar refractivity (Wildman–Crippen MR) is 89.3 cm³/mol. The third-order valence-corrected chi connectivity index (χ3v) is 3.32. The number of nitrogens with zero attached hydrogens (tertiary/aromatic N) is 2. The zero-order valence-electron chi connectivity index (χ0n) is 14.0. The number of hydrogen-bond acceptors (Lipinski definition) is 5. The van der Waals surface area contributed by atoms with Crippen molar-refractivity contribution in [3.63, 3.8) is 0 Å². The lowest BCUT2D eigenvalue weighted by molar-refractivity contribution is -0.147. The molecule has 0 saturated carbocycles. The smallest absolute Gasteiger partial charge is 0.308 e. The standard InChI is InChI=1S/C18H21N3O3/c1-12(2)24-17(22)10-15(14-6-4-13(3)5-7-14)21-18(23)16-11-19-8-9-20-16/h4-9,11-12,15H,10H2,1-3H3,(H,21,23)/t15-/m1/s1. The van der Waals surface area contributed by atoms with Gasteiger partial charge in [0.15, 0.2) is 0 Å². The van der Waals surface area contributed by atoms with Crippen LogP contribution >= 0.6 is 0 Å². The second kappa shape index (κ2) is 8.19. The van der Waals surface area contributed by atoms with Crippen LogP contribution in [0.4, 0.5) is 0 Å². The van der Waals surface area contributed by atoms with Gasteiger partial charge < -0.3 is 10.1 Å². The summed E-state index contributed by atoms with van der Waals surface area (Å²) in [6.45, 7) is 5.55. The molecule has 0 fully saturated rings. The molecule has 0 saturated heterocycles. The Morgan fingerprint density at radius 3 is 2.46 bits per heavy atom. The van der Waals surface area contributed by atoms with Crippen LogP contribution in [0.3, 0.4) is 0 Å². The number of amides is 1. The Hall–Kier alpha value is -2.76. The van der Waals surface area contributed by atoms with Crippen LogP contribution in [-0.4, -0.2) is 27.9 Å². The minimum absolute atomic E-state index is 0.0489. The van der Waals surface area contributed by atoms with Crippen LogP contribution in [-0.2, 0) is 9.53 Å². The van der Waals surface area contributed by atoms with E-state index in [1.54, 1.807) is 13.8 Å². The van der Waals surface area contributed by atoms with Crippen LogP contribution in [0, 0.1) is 6.92 Å². The van der Waals surface area contributed by atoms with Crippen molar-refractivity contribution in [1.82, 2.24) is 15.3 Å². The molecule has 1 aromatic heterocycles. The van der Waals surface area contributed by atoms with Crippen molar-refractivity contribution >= 4 is 11.9 Å². The number of benzene rings is 1. The van der Waals surface area contributed by atoms with E-state index in [0.717, 1.165) is 11.1 Å². The summed E-state index contributed by atoms with van der Waals surface area (Å²) in [5.74, 6) is -0.749. The quantitative estimate of drug-likeness (QED) is 0.825. The van der Waals surface area contributed by atoms with E-state index in [2.05, 4.69) is 15.3 Å². The fourth-order valence-electron chi connectivity index (χ4n) is 2.18. The van der Waals surface area contributed by atoms with E-state index < -0.39 is 6.04 Å². The summed E-state index contributed by atoms with van der Waals surface area (Å²) in [4.78, 5) is 32.2. The van der Waals surface area contributed by atoms with Gasteiger partial charge in [-0.1, -0.05) is 29.8 Å². The number of esters is 1. The highest BCUT2D eigenvalue weighted by Crippen LogP contribution is 2.19. The molecule has 6 nitrogen and oxygen atoms in total. The number of hydrogen-bond donors (Lipinski definition) is 1. The van der Waals surface area contributed by atoms with Gasteiger partial charge in [-0.2, -0.15) is 0 Å². The lowest BCUT2D eigenvalue weighted by Gasteiger charge is -2.19. The Balaban J connectivity index is 2.17.